The molecule has 0 aliphatic heterocycles. The molecule has 0 bridgehead atoms. The van der Waals surface area contributed by atoms with Crippen molar-refractivity contribution in [2.75, 3.05) is 0 Å². The maximum Gasteiger partial charge on any atom is 0.298 e. The van der Waals surface area contributed by atoms with Gasteiger partial charge in [0.15, 0.2) is 5.75 Å². The highest BCUT2D eigenvalue weighted by molar-refractivity contribution is 7.86. The highest BCUT2D eigenvalue weighted by Crippen LogP contribution is 2.36. The highest BCUT2D eigenvalue weighted by Gasteiger charge is 2.25. The van der Waals surface area contributed by atoms with Crippen LogP contribution >= 0.6 is 0 Å². The number of aromatic nitrogens is 1. The second-order valence-corrected chi connectivity index (χ2v) is 4.76. The predicted molar refractivity (Wildman–Crippen MR) is 59.9 cm³/mol. The summed E-state index contributed by atoms with van der Waals surface area (Å²) in [7, 11) is -4.78. The smallest absolute Gasteiger partial charge is 0.298 e. The van der Waals surface area contributed by atoms with E-state index in [1.165, 1.54) is 18.3 Å². The van der Waals surface area contributed by atoms with Crippen molar-refractivity contribution in [1.82, 2.24) is 4.98 Å². The Hall–Kier alpha value is -2.26. The van der Waals surface area contributed by atoms with Crippen molar-refractivity contribution in [2.45, 2.75) is 4.90 Å². The number of benzene rings is 1. The molecule has 18 heavy (non-hydrogen) atoms. The Morgan fingerprint density at radius 3 is 2.61 bits per heavy atom. The van der Waals surface area contributed by atoms with Gasteiger partial charge in [-0.15, -0.1) is 0 Å². The second kappa shape index (κ2) is 3.89. The lowest BCUT2D eigenvalue weighted by atomic mass is 10.1. The van der Waals surface area contributed by atoms with Gasteiger partial charge in [0.05, 0.1) is 10.3 Å². The minimum absolute atomic E-state index is 0.0209. The number of phenols is 1. The lowest BCUT2D eigenvalue weighted by Crippen LogP contribution is -2.01. The molecule has 0 amide bonds. The van der Waals surface area contributed by atoms with E-state index in [4.69, 9.17) is 4.55 Å². The van der Waals surface area contributed by atoms with Crippen LogP contribution < -0.4 is 0 Å². The summed E-state index contributed by atoms with van der Waals surface area (Å²) in [4.78, 5) is 12.7. The van der Waals surface area contributed by atoms with Crippen LogP contribution in [0.2, 0.25) is 0 Å². The summed E-state index contributed by atoms with van der Waals surface area (Å²) in [6, 6.07) is 3.31. The lowest BCUT2D eigenvalue weighted by Gasteiger charge is -2.05. The monoisotopic (exact) mass is 270 g/mol. The van der Waals surface area contributed by atoms with Gasteiger partial charge in [0.1, 0.15) is 10.4 Å². The molecule has 0 atom stereocenters. The molecule has 8 nitrogen and oxygen atoms in total. The first kappa shape index (κ1) is 12.2. The van der Waals surface area contributed by atoms with Crippen LogP contribution in [0, 0.1) is 10.1 Å². The topological polar surface area (TPSA) is 131 Å². The normalized spacial score (nSPS) is 11.6. The maximum atomic E-state index is 11.0. The van der Waals surface area contributed by atoms with Gasteiger partial charge < -0.3 is 5.11 Å². The summed E-state index contributed by atoms with van der Waals surface area (Å²) in [6.45, 7) is 0. The van der Waals surface area contributed by atoms with E-state index in [9.17, 15) is 23.6 Å². The number of non-ortho nitro benzene ring substituents is 1. The molecule has 9 heteroatoms. The summed E-state index contributed by atoms with van der Waals surface area (Å²) in [5.74, 6) is -0.821. The third kappa shape index (κ3) is 1.85. The third-order valence-electron chi connectivity index (χ3n) is 2.28. The number of nitro groups is 1. The molecule has 2 rings (SSSR count). The zero-order valence-corrected chi connectivity index (χ0v) is 9.46. The van der Waals surface area contributed by atoms with E-state index < -0.39 is 31.4 Å². The van der Waals surface area contributed by atoms with Crippen molar-refractivity contribution in [3.8, 4) is 5.75 Å². The molecule has 2 N–H and O–H groups in total. The van der Waals surface area contributed by atoms with E-state index in [2.05, 4.69) is 4.98 Å². The van der Waals surface area contributed by atoms with Crippen LogP contribution in [0.5, 0.6) is 5.75 Å². The van der Waals surface area contributed by atoms with Gasteiger partial charge in [-0.1, -0.05) is 0 Å². The number of pyridine rings is 1. The molecular weight excluding hydrogens is 264 g/mol. The van der Waals surface area contributed by atoms with Gasteiger partial charge in [0.25, 0.3) is 15.8 Å². The van der Waals surface area contributed by atoms with Crippen molar-refractivity contribution < 1.29 is 23.0 Å². The molecule has 0 radical (unpaired) electrons. The number of fused-ring (bicyclic) bond motifs is 1. The molecule has 0 aliphatic carbocycles. The summed E-state index contributed by atoms with van der Waals surface area (Å²) in [6.07, 6.45) is 1.24. The van der Waals surface area contributed by atoms with Crippen LogP contribution in [-0.2, 0) is 10.1 Å². The highest BCUT2D eigenvalue weighted by atomic mass is 32.2. The SMILES string of the molecule is O=[N+]([O-])c1cc(S(=O)(=O)O)c(O)c2ncccc12. The maximum absolute atomic E-state index is 11.0. The zero-order valence-electron chi connectivity index (χ0n) is 8.64. The average molecular weight is 270 g/mol. The minimum Gasteiger partial charge on any atom is -0.504 e. The number of hydrogen-bond donors (Lipinski definition) is 2. The summed E-state index contributed by atoms with van der Waals surface area (Å²) in [5.41, 5.74) is -0.831. The fourth-order valence-electron chi connectivity index (χ4n) is 1.54. The quantitative estimate of drug-likeness (QED) is 0.474. The summed E-state index contributed by atoms with van der Waals surface area (Å²) >= 11 is 0. The van der Waals surface area contributed by atoms with E-state index in [0.717, 1.165) is 0 Å². The Kier molecular flexibility index (Phi) is 2.64. The fourth-order valence-corrected chi connectivity index (χ4v) is 2.14. The van der Waals surface area contributed by atoms with Crippen LogP contribution in [0.1, 0.15) is 0 Å². The van der Waals surface area contributed by atoms with Crippen molar-refractivity contribution in [2.24, 2.45) is 0 Å². The molecule has 0 saturated heterocycles. The Morgan fingerprint density at radius 1 is 1.39 bits per heavy atom. The molecule has 0 spiro atoms. The molecule has 0 unspecified atom stereocenters. The lowest BCUT2D eigenvalue weighted by molar-refractivity contribution is -0.383. The van der Waals surface area contributed by atoms with Crippen LogP contribution in [0.4, 0.5) is 5.69 Å². The number of rotatable bonds is 2. The number of phenolic OH excluding ortho intramolecular Hbond substituents is 1. The number of nitro benzene ring substituents is 1. The van der Waals surface area contributed by atoms with E-state index >= 15 is 0 Å². The Labute approximate surface area is 100 Å². The Bertz CT molecular complexity index is 755. The molecule has 1 heterocycles. The van der Waals surface area contributed by atoms with E-state index in [1.807, 2.05) is 0 Å². The first-order chi connectivity index (χ1) is 8.32. The van der Waals surface area contributed by atoms with Gasteiger partial charge in [0, 0.05) is 12.3 Å². The van der Waals surface area contributed by atoms with E-state index in [-0.39, 0.29) is 10.9 Å². The standard InChI is InChI=1S/C9H6N2O6S/c12-9-7(18(15,16)17)4-6(11(13)14)5-2-1-3-10-8(5)9/h1-4,12H,(H,15,16,17). The molecule has 0 saturated carbocycles. The Balaban J connectivity index is 3.02. The van der Waals surface area contributed by atoms with E-state index in [0.29, 0.717) is 6.07 Å². The third-order valence-corrected chi connectivity index (χ3v) is 3.15. The average Bonchev–Trinajstić information content (AvgIpc) is 2.27. The Morgan fingerprint density at radius 2 is 2.06 bits per heavy atom. The summed E-state index contributed by atoms with van der Waals surface area (Å²) < 4.78 is 30.9. The molecule has 94 valence electrons. The molecule has 0 aliphatic rings. The van der Waals surface area contributed by atoms with E-state index in [1.54, 1.807) is 0 Å². The van der Waals surface area contributed by atoms with Gasteiger partial charge in [-0.25, -0.2) is 0 Å². The second-order valence-electron chi connectivity index (χ2n) is 3.37. The number of nitrogens with zero attached hydrogens (tertiary/aromatic N) is 2. The van der Waals surface area contributed by atoms with Gasteiger partial charge >= 0.3 is 0 Å². The molecule has 2 aromatic rings. The van der Waals surface area contributed by atoms with Crippen molar-refractivity contribution >= 4 is 26.7 Å². The minimum atomic E-state index is -4.78. The number of hydrogen-bond acceptors (Lipinski definition) is 6. The van der Waals surface area contributed by atoms with Gasteiger partial charge in [-0.3, -0.25) is 19.7 Å². The molecule has 0 fully saturated rings. The predicted octanol–water partition coefficient (Wildman–Crippen LogP) is 1.10. The van der Waals surface area contributed by atoms with Crippen LogP contribution in [0.3, 0.4) is 0 Å². The zero-order chi connectivity index (χ0) is 13.5. The summed E-state index contributed by atoms with van der Waals surface area (Å²) in [5, 5.41) is 20.5. The number of aromatic hydroxyl groups is 1. The first-order valence-corrected chi connectivity index (χ1v) is 5.99. The van der Waals surface area contributed by atoms with Crippen molar-refractivity contribution in [3.63, 3.8) is 0 Å². The molecular formula is C9H6N2O6S. The van der Waals surface area contributed by atoms with Crippen molar-refractivity contribution in [1.29, 1.82) is 0 Å². The van der Waals surface area contributed by atoms with Crippen molar-refractivity contribution in [3.05, 3.63) is 34.5 Å². The molecule has 1 aromatic heterocycles. The first-order valence-electron chi connectivity index (χ1n) is 4.55. The van der Waals surface area contributed by atoms with Crippen LogP contribution in [0.15, 0.2) is 29.3 Å². The van der Waals surface area contributed by atoms with Crippen LogP contribution in [-0.4, -0.2) is 28.0 Å². The van der Waals surface area contributed by atoms with Gasteiger partial charge in [-0.05, 0) is 12.1 Å². The molecule has 1 aromatic carbocycles. The van der Waals surface area contributed by atoms with Gasteiger partial charge in [0.2, 0.25) is 0 Å². The largest absolute Gasteiger partial charge is 0.504 e. The van der Waals surface area contributed by atoms with Crippen LogP contribution in [0.25, 0.3) is 10.9 Å². The fraction of sp³-hybridized carbons (Fsp3) is 0. The van der Waals surface area contributed by atoms with Gasteiger partial charge in [-0.2, -0.15) is 8.42 Å².